The predicted molar refractivity (Wildman–Crippen MR) is 36.6 cm³/mol. The van der Waals surface area contributed by atoms with Gasteiger partial charge in [0, 0.05) is 0 Å². The first-order valence-corrected chi connectivity index (χ1v) is 4.84. The second kappa shape index (κ2) is 4.01. The van der Waals surface area contributed by atoms with Gasteiger partial charge in [-0.2, -0.15) is 21.6 Å². The van der Waals surface area contributed by atoms with Gasteiger partial charge in [-0.25, -0.2) is 8.37 Å². The van der Waals surface area contributed by atoms with Crippen LogP contribution in [0.15, 0.2) is 0 Å². The molecule has 1 heterocycles. The summed E-state index contributed by atoms with van der Waals surface area (Å²) >= 11 is 0. The molecular formula is C5H7F3O5S. The molecule has 1 aliphatic heterocycles. The van der Waals surface area contributed by atoms with Crippen LogP contribution in [0.4, 0.5) is 13.2 Å². The van der Waals surface area contributed by atoms with E-state index >= 15 is 0 Å². The van der Waals surface area contributed by atoms with Crippen molar-refractivity contribution in [3.8, 4) is 0 Å². The molecule has 0 spiro atoms. The molecule has 0 aliphatic carbocycles. The Balaban J connectivity index is 2.22. The maximum atomic E-state index is 11.6. The largest absolute Gasteiger partial charge is 0.411 e. The Morgan fingerprint density at radius 1 is 1.43 bits per heavy atom. The lowest BCUT2D eigenvalue weighted by molar-refractivity contribution is -0.177. The summed E-state index contributed by atoms with van der Waals surface area (Å²) in [4.78, 5) is 0. The average Bonchev–Trinajstić information content (AvgIpc) is 2.27. The third-order valence-corrected chi connectivity index (χ3v) is 2.15. The SMILES string of the molecule is O=S1(=O)OCC(COCC(F)(F)F)O1. The van der Waals surface area contributed by atoms with E-state index in [1.165, 1.54) is 0 Å². The van der Waals surface area contributed by atoms with Crippen molar-refractivity contribution in [3.63, 3.8) is 0 Å². The molecule has 0 aromatic rings. The van der Waals surface area contributed by atoms with Gasteiger partial charge in [0.25, 0.3) is 0 Å². The van der Waals surface area contributed by atoms with Crippen molar-refractivity contribution in [3.05, 3.63) is 0 Å². The van der Waals surface area contributed by atoms with Gasteiger partial charge in [-0.1, -0.05) is 0 Å². The highest BCUT2D eigenvalue weighted by Gasteiger charge is 2.32. The summed E-state index contributed by atoms with van der Waals surface area (Å²) in [6.07, 6.45) is -5.43. The molecule has 0 N–H and O–H groups in total. The fraction of sp³-hybridized carbons (Fsp3) is 1.00. The number of halogens is 3. The number of alkyl halides is 3. The zero-order chi connectivity index (χ0) is 10.8. The van der Waals surface area contributed by atoms with Crippen LogP contribution >= 0.6 is 0 Å². The Hall–Kier alpha value is -0.380. The molecule has 1 unspecified atom stereocenters. The standard InChI is InChI=1S/C5H7F3O5S/c6-5(7,8)3-11-1-4-2-12-14(9,10)13-4/h4H,1-3H2. The molecule has 0 aromatic heterocycles. The summed E-state index contributed by atoms with van der Waals surface area (Å²) in [5, 5.41) is 0. The van der Waals surface area contributed by atoms with Crippen molar-refractivity contribution in [2.24, 2.45) is 0 Å². The number of rotatable bonds is 3. The number of hydrogen-bond donors (Lipinski definition) is 0. The monoisotopic (exact) mass is 236 g/mol. The fourth-order valence-electron chi connectivity index (χ4n) is 0.763. The van der Waals surface area contributed by atoms with Crippen molar-refractivity contribution in [2.45, 2.75) is 12.3 Å². The third-order valence-electron chi connectivity index (χ3n) is 1.22. The molecule has 0 amide bonds. The molecule has 1 saturated heterocycles. The Kier molecular flexibility index (Phi) is 3.35. The van der Waals surface area contributed by atoms with Crippen LogP contribution in [0.5, 0.6) is 0 Å². The Labute approximate surface area is 78.1 Å². The summed E-state index contributed by atoms with van der Waals surface area (Å²) in [5.74, 6) is 0. The summed E-state index contributed by atoms with van der Waals surface area (Å²) in [7, 11) is -4.02. The van der Waals surface area contributed by atoms with Crippen LogP contribution in [0.3, 0.4) is 0 Å². The molecule has 1 aliphatic rings. The van der Waals surface area contributed by atoms with Gasteiger partial charge in [0.15, 0.2) is 0 Å². The lowest BCUT2D eigenvalue weighted by Gasteiger charge is -2.09. The lowest BCUT2D eigenvalue weighted by Crippen LogP contribution is -2.24. The minimum Gasteiger partial charge on any atom is -0.369 e. The molecule has 84 valence electrons. The van der Waals surface area contributed by atoms with Gasteiger partial charge in [0.05, 0.1) is 13.2 Å². The van der Waals surface area contributed by atoms with Crippen LogP contribution in [0.1, 0.15) is 0 Å². The average molecular weight is 236 g/mol. The van der Waals surface area contributed by atoms with Gasteiger partial charge in [-0.05, 0) is 0 Å². The van der Waals surface area contributed by atoms with Crippen LogP contribution in [-0.4, -0.2) is 40.5 Å². The predicted octanol–water partition coefficient (Wildman–Crippen LogP) is 0.225. The summed E-state index contributed by atoms with van der Waals surface area (Å²) < 4.78 is 68.2. The Bertz CT molecular complexity index is 284. The lowest BCUT2D eigenvalue weighted by atomic mass is 10.4. The fourth-order valence-corrected chi connectivity index (χ4v) is 1.58. The van der Waals surface area contributed by atoms with Crippen molar-refractivity contribution in [2.75, 3.05) is 19.8 Å². The molecule has 1 rings (SSSR count). The highest BCUT2D eigenvalue weighted by molar-refractivity contribution is 7.82. The van der Waals surface area contributed by atoms with Crippen LogP contribution in [-0.2, 0) is 23.5 Å². The van der Waals surface area contributed by atoms with Gasteiger partial charge >= 0.3 is 16.6 Å². The van der Waals surface area contributed by atoms with Gasteiger partial charge < -0.3 is 4.74 Å². The Morgan fingerprint density at radius 3 is 2.50 bits per heavy atom. The normalized spacial score (nSPS) is 26.6. The second-order valence-electron chi connectivity index (χ2n) is 2.54. The molecule has 1 atom stereocenters. The molecule has 0 saturated carbocycles. The van der Waals surface area contributed by atoms with E-state index in [1.54, 1.807) is 0 Å². The number of hydrogen-bond acceptors (Lipinski definition) is 5. The maximum absolute atomic E-state index is 11.6. The first-order chi connectivity index (χ1) is 6.29. The summed E-state index contributed by atoms with van der Waals surface area (Å²) in [6, 6.07) is 0. The van der Waals surface area contributed by atoms with Gasteiger partial charge in [-0.15, -0.1) is 0 Å². The van der Waals surface area contributed by atoms with Crippen LogP contribution in [0.25, 0.3) is 0 Å². The van der Waals surface area contributed by atoms with E-state index in [9.17, 15) is 21.6 Å². The highest BCUT2D eigenvalue weighted by atomic mass is 32.3. The van der Waals surface area contributed by atoms with Crippen LogP contribution in [0, 0.1) is 0 Å². The maximum Gasteiger partial charge on any atom is 0.411 e. The summed E-state index contributed by atoms with van der Waals surface area (Å²) in [5.41, 5.74) is 0. The zero-order valence-corrected chi connectivity index (χ0v) is 7.60. The van der Waals surface area contributed by atoms with Crippen molar-refractivity contribution < 1.29 is 34.7 Å². The molecular weight excluding hydrogens is 229 g/mol. The molecule has 9 heteroatoms. The van der Waals surface area contributed by atoms with Gasteiger partial charge in [0.1, 0.15) is 12.7 Å². The van der Waals surface area contributed by atoms with Gasteiger partial charge in [-0.3, -0.25) is 0 Å². The smallest absolute Gasteiger partial charge is 0.369 e. The van der Waals surface area contributed by atoms with E-state index in [1.807, 2.05) is 0 Å². The topological polar surface area (TPSA) is 61.8 Å². The summed E-state index contributed by atoms with van der Waals surface area (Å²) in [6.45, 7) is -2.23. The van der Waals surface area contributed by atoms with E-state index < -0.39 is 35.9 Å². The number of ether oxygens (including phenoxy) is 1. The third kappa shape index (κ3) is 4.22. The molecule has 14 heavy (non-hydrogen) atoms. The second-order valence-corrected chi connectivity index (χ2v) is 3.79. The molecule has 5 nitrogen and oxygen atoms in total. The quantitative estimate of drug-likeness (QED) is 0.701. The Morgan fingerprint density at radius 2 is 2.07 bits per heavy atom. The first-order valence-electron chi connectivity index (χ1n) is 3.51. The molecule has 0 radical (unpaired) electrons. The van der Waals surface area contributed by atoms with Crippen LogP contribution in [0.2, 0.25) is 0 Å². The minimum atomic E-state index is -4.43. The molecule has 1 fully saturated rings. The van der Waals surface area contributed by atoms with Gasteiger partial charge in [0.2, 0.25) is 0 Å². The van der Waals surface area contributed by atoms with Crippen LogP contribution < -0.4 is 0 Å². The zero-order valence-electron chi connectivity index (χ0n) is 6.78. The van der Waals surface area contributed by atoms with E-state index in [-0.39, 0.29) is 6.61 Å². The molecule has 0 aromatic carbocycles. The highest BCUT2D eigenvalue weighted by Crippen LogP contribution is 2.17. The first kappa shape index (κ1) is 11.7. The molecule has 0 bridgehead atoms. The van der Waals surface area contributed by atoms with Crippen molar-refractivity contribution in [1.82, 2.24) is 0 Å². The van der Waals surface area contributed by atoms with E-state index in [0.717, 1.165) is 0 Å². The van der Waals surface area contributed by atoms with Crippen molar-refractivity contribution >= 4 is 10.4 Å². The van der Waals surface area contributed by atoms with E-state index in [2.05, 4.69) is 13.1 Å². The van der Waals surface area contributed by atoms with E-state index in [0.29, 0.717) is 0 Å². The minimum absolute atomic E-state index is 0.319. The van der Waals surface area contributed by atoms with E-state index in [4.69, 9.17) is 0 Å². The van der Waals surface area contributed by atoms with Crippen molar-refractivity contribution in [1.29, 1.82) is 0 Å².